The Morgan fingerprint density at radius 3 is 1.80 bits per heavy atom. The van der Waals surface area contributed by atoms with Gasteiger partial charge >= 0.3 is 5.97 Å². The number of carboxylic acid groups (broad SMARTS) is 1. The monoisotopic (exact) mass is 694 g/mol. The first-order valence-corrected chi connectivity index (χ1v) is 19.3. The molecule has 2 aliphatic carbocycles. The van der Waals surface area contributed by atoms with E-state index in [1.54, 1.807) is 0 Å². The second-order valence-electron chi connectivity index (χ2n) is 21.9. The molecule has 284 valence electrons. The first-order valence-electron chi connectivity index (χ1n) is 19.3. The second kappa shape index (κ2) is 13.0. The summed E-state index contributed by atoms with van der Waals surface area (Å²) in [5.41, 5.74) is -2.19. The largest absolute Gasteiger partial charge is 0.494 e. The maximum Gasteiger partial charge on any atom is 0.309 e. The van der Waals surface area contributed by atoms with E-state index in [1.807, 2.05) is 19.1 Å². The Morgan fingerprint density at radius 1 is 0.900 bits per heavy atom. The Balaban J connectivity index is 2.21. The Kier molecular flexibility index (Phi) is 11.0. The van der Waals surface area contributed by atoms with Gasteiger partial charge in [-0.3, -0.25) is 4.79 Å². The summed E-state index contributed by atoms with van der Waals surface area (Å²) in [7, 11) is 0. The maximum atomic E-state index is 13.5. The van der Waals surface area contributed by atoms with Gasteiger partial charge < -0.3 is 9.84 Å². The summed E-state index contributed by atoms with van der Waals surface area (Å²) in [5.74, 6) is 1.64. The van der Waals surface area contributed by atoms with Crippen molar-refractivity contribution in [1.82, 2.24) is 0 Å². The van der Waals surface area contributed by atoms with Gasteiger partial charge in [0.05, 0.1) is 11.2 Å². The lowest BCUT2D eigenvalue weighted by molar-refractivity contribution is -0.184. The maximum absolute atomic E-state index is 13.5. The summed E-state index contributed by atoms with van der Waals surface area (Å²) < 4.78 is 7.00. The Morgan fingerprint density at radius 2 is 1.42 bits per heavy atom. The van der Waals surface area contributed by atoms with Crippen LogP contribution in [0.1, 0.15) is 162 Å². The molecule has 0 aromatic heterocycles. The Hall–Kier alpha value is -2.17. The molecule has 2 saturated carbocycles. The SMILES string of the molecule is C=C(OC1CC2CCC1(C)C2C)C(CC(C)(C)C(C)(C)C(C)(c1ccc(N=O)cc1)C(C)(C)C(C)(C)C(C)(CC(C)(C)C)C(=O)O)C(C)(C)C. The van der Waals surface area contributed by atoms with Gasteiger partial charge in [-0.2, -0.15) is 0 Å². The molecule has 5 heteroatoms. The molecule has 2 bridgehead atoms. The Bertz CT molecular complexity index is 1420. The van der Waals surface area contributed by atoms with Gasteiger partial charge in [-0.1, -0.05) is 136 Å². The molecule has 2 aliphatic rings. The number of ether oxygens (including phenoxy) is 1. The van der Waals surface area contributed by atoms with Crippen molar-refractivity contribution in [1.29, 1.82) is 0 Å². The van der Waals surface area contributed by atoms with Crippen LogP contribution in [0.2, 0.25) is 0 Å². The van der Waals surface area contributed by atoms with E-state index in [0.717, 1.165) is 30.1 Å². The van der Waals surface area contributed by atoms with Crippen LogP contribution in [0.15, 0.2) is 41.8 Å². The van der Waals surface area contributed by atoms with Crippen molar-refractivity contribution in [3.8, 4) is 0 Å². The van der Waals surface area contributed by atoms with Crippen LogP contribution in [-0.2, 0) is 14.9 Å². The first-order chi connectivity index (χ1) is 22.3. The minimum Gasteiger partial charge on any atom is -0.494 e. The topological polar surface area (TPSA) is 76.0 Å². The third-order valence-electron chi connectivity index (χ3n) is 16.5. The fraction of sp³-hybridized carbons (Fsp3) is 0.800. The number of carboxylic acids is 1. The summed E-state index contributed by atoms with van der Waals surface area (Å²) in [5, 5.41) is 14.3. The van der Waals surface area contributed by atoms with Crippen molar-refractivity contribution in [3.63, 3.8) is 0 Å². The molecule has 0 aliphatic heterocycles. The molecular formula is C45H75NO4. The molecule has 3 rings (SSSR count). The highest BCUT2D eigenvalue weighted by atomic mass is 16.5. The van der Waals surface area contributed by atoms with Gasteiger partial charge in [0.1, 0.15) is 11.8 Å². The fourth-order valence-corrected chi connectivity index (χ4v) is 10.9. The fourth-order valence-electron chi connectivity index (χ4n) is 10.9. The zero-order valence-corrected chi connectivity index (χ0v) is 35.5. The number of nitrogens with zero attached hydrogens (tertiary/aromatic N) is 1. The van der Waals surface area contributed by atoms with Crippen molar-refractivity contribution < 1.29 is 14.6 Å². The van der Waals surface area contributed by atoms with Crippen LogP contribution in [-0.4, -0.2) is 17.2 Å². The lowest BCUT2D eigenvalue weighted by Gasteiger charge is -2.67. The predicted octanol–water partition coefficient (Wildman–Crippen LogP) is 13.4. The van der Waals surface area contributed by atoms with Crippen molar-refractivity contribution >= 4 is 11.7 Å². The predicted molar refractivity (Wildman–Crippen MR) is 210 cm³/mol. The normalized spacial score (nSPS) is 26.6. The highest BCUT2D eigenvalue weighted by Crippen LogP contribution is 2.70. The van der Waals surface area contributed by atoms with Crippen LogP contribution < -0.4 is 0 Å². The molecule has 7 unspecified atom stereocenters. The van der Waals surface area contributed by atoms with Gasteiger partial charge in [-0.25, -0.2) is 0 Å². The molecular weight excluding hydrogens is 618 g/mol. The highest BCUT2D eigenvalue weighted by Gasteiger charge is 2.67. The Labute approximate surface area is 307 Å². The lowest BCUT2D eigenvalue weighted by Crippen LogP contribution is -2.65. The van der Waals surface area contributed by atoms with Crippen molar-refractivity contribution in [2.75, 3.05) is 0 Å². The third kappa shape index (κ3) is 6.63. The molecule has 0 radical (unpaired) electrons. The van der Waals surface area contributed by atoms with E-state index in [-0.39, 0.29) is 33.7 Å². The average molecular weight is 694 g/mol. The van der Waals surface area contributed by atoms with Crippen LogP contribution in [0.4, 0.5) is 5.69 Å². The van der Waals surface area contributed by atoms with E-state index in [9.17, 15) is 14.8 Å². The van der Waals surface area contributed by atoms with Gasteiger partial charge in [0.15, 0.2) is 0 Å². The summed E-state index contributed by atoms with van der Waals surface area (Å²) in [6.45, 7) is 45.5. The molecule has 0 amide bonds. The number of hydrogen-bond donors (Lipinski definition) is 1. The van der Waals surface area contributed by atoms with E-state index in [1.165, 1.54) is 12.8 Å². The molecule has 7 atom stereocenters. The zero-order chi connectivity index (χ0) is 38.9. The molecule has 50 heavy (non-hydrogen) atoms. The molecule has 5 nitrogen and oxygen atoms in total. The smallest absolute Gasteiger partial charge is 0.309 e. The van der Waals surface area contributed by atoms with Gasteiger partial charge in [0.2, 0.25) is 0 Å². The summed E-state index contributed by atoms with van der Waals surface area (Å²) in [6.07, 6.45) is 5.23. The number of hydrogen-bond acceptors (Lipinski definition) is 4. The number of fused-ring (bicyclic) bond motifs is 2. The van der Waals surface area contributed by atoms with E-state index in [4.69, 9.17) is 4.74 Å². The molecule has 1 N–H and O–H groups in total. The lowest BCUT2D eigenvalue weighted by atomic mass is 9.36. The summed E-state index contributed by atoms with van der Waals surface area (Å²) >= 11 is 0. The van der Waals surface area contributed by atoms with Crippen molar-refractivity contribution in [3.05, 3.63) is 47.1 Å². The molecule has 1 aromatic rings. The first kappa shape index (κ1) is 42.2. The molecule has 0 spiro atoms. The zero-order valence-electron chi connectivity index (χ0n) is 35.5. The molecule has 0 heterocycles. The van der Waals surface area contributed by atoms with E-state index in [0.29, 0.717) is 18.0 Å². The third-order valence-corrected chi connectivity index (χ3v) is 16.5. The summed E-state index contributed by atoms with van der Waals surface area (Å²) in [4.78, 5) is 25.0. The van der Waals surface area contributed by atoms with E-state index >= 15 is 0 Å². The number of rotatable bonds is 14. The van der Waals surface area contributed by atoms with Crippen molar-refractivity contribution in [2.45, 2.75) is 168 Å². The minimum atomic E-state index is -1.04. The van der Waals surface area contributed by atoms with Gasteiger partial charge in [-0.15, -0.1) is 4.91 Å². The van der Waals surface area contributed by atoms with Crippen LogP contribution in [0.3, 0.4) is 0 Å². The van der Waals surface area contributed by atoms with Gasteiger partial charge in [-0.05, 0) is 106 Å². The number of nitroso groups, excluding NO2 is 1. The van der Waals surface area contributed by atoms with Gasteiger partial charge in [0, 0.05) is 16.7 Å². The van der Waals surface area contributed by atoms with Crippen LogP contribution in [0.5, 0.6) is 0 Å². The van der Waals surface area contributed by atoms with E-state index < -0.39 is 33.0 Å². The molecule has 1 aromatic carbocycles. The van der Waals surface area contributed by atoms with Crippen LogP contribution in [0, 0.1) is 66.0 Å². The molecule has 2 fully saturated rings. The van der Waals surface area contributed by atoms with Crippen LogP contribution in [0.25, 0.3) is 0 Å². The van der Waals surface area contributed by atoms with E-state index in [2.05, 4.69) is 142 Å². The number of carbonyl (C=O) groups is 1. The standard InChI is InChI=1S/C45H75NO4/c1-29-31-24-25-43(29,17)35(26-31)50-30(2)34(38(6,7)8)27-39(9,10)40(11,12)45(19,32-20-22-33(46-49)23-21-32)42(15,16)41(13,14)44(18,36(47)48)28-37(3,4)5/h20-23,29,31,34-35H,2,24-28H2,1,3-19H3,(H,47,48). The number of aliphatic carboxylic acids is 1. The van der Waals surface area contributed by atoms with Gasteiger partial charge in [0.25, 0.3) is 0 Å². The highest BCUT2D eigenvalue weighted by molar-refractivity contribution is 5.75. The quantitative estimate of drug-likeness (QED) is 0.155. The number of allylic oxidation sites excluding steroid dienone is 1. The molecule has 0 saturated heterocycles. The summed E-state index contributed by atoms with van der Waals surface area (Å²) in [6, 6.07) is 7.72. The van der Waals surface area contributed by atoms with Crippen LogP contribution >= 0.6 is 0 Å². The second-order valence-corrected chi connectivity index (χ2v) is 21.9. The average Bonchev–Trinajstić information content (AvgIpc) is 3.38. The number of benzene rings is 1. The van der Waals surface area contributed by atoms with Crippen molar-refractivity contribution in [2.24, 2.45) is 66.3 Å². The minimum absolute atomic E-state index is 0.0916.